The van der Waals surface area contributed by atoms with Gasteiger partial charge in [-0.2, -0.15) is 0 Å². The lowest BCUT2D eigenvalue weighted by molar-refractivity contribution is -0.161. The van der Waals surface area contributed by atoms with Crippen molar-refractivity contribution in [2.45, 2.75) is 303 Å². The van der Waals surface area contributed by atoms with Crippen molar-refractivity contribution in [1.82, 2.24) is 0 Å². The Morgan fingerprint density at radius 3 is 0.723 bits per heavy atom. The molecule has 2 unspecified atom stereocenters. The van der Waals surface area contributed by atoms with Crippen molar-refractivity contribution >= 4 is 39.5 Å². The molecule has 0 bridgehead atoms. The van der Waals surface area contributed by atoms with Crippen molar-refractivity contribution in [2.75, 3.05) is 39.6 Å². The van der Waals surface area contributed by atoms with Crippen LogP contribution in [0.4, 0.5) is 0 Å². The Morgan fingerprint density at radius 1 is 0.259 bits per heavy atom. The van der Waals surface area contributed by atoms with Gasteiger partial charge in [0.25, 0.3) is 0 Å². The van der Waals surface area contributed by atoms with Crippen molar-refractivity contribution in [2.24, 2.45) is 0 Å². The molecule has 0 amide bonds. The number of phosphoric ester groups is 2. The highest BCUT2D eigenvalue weighted by Gasteiger charge is 2.30. The summed E-state index contributed by atoms with van der Waals surface area (Å²) in [5, 5.41) is 10.7. The molecule has 0 saturated carbocycles. The second kappa shape index (κ2) is 82.4. The van der Waals surface area contributed by atoms with Crippen LogP contribution in [0.5, 0.6) is 0 Å². The molecule has 630 valence electrons. The maximum atomic E-state index is 13.1. The molecule has 0 aromatic rings. The van der Waals surface area contributed by atoms with E-state index in [1.165, 1.54) is 38.5 Å². The number of unbranched alkanes of at least 4 members (excludes halogenated alkanes) is 14. The average Bonchev–Trinajstić information content (AvgIpc) is 0.895. The largest absolute Gasteiger partial charge is 0.472 e. The van der Waals surface area contributed by atoms with E-state index in [2.05, 4.69) is 222 Å². The summed E-state index contributed by atoms with van der Waals surface area (Å²) in [4.78, 5) is 73.2. The summed E-state index contributed by atoms with van der Waals surface area (Å²) in [6, 6.07) is 0. The number of phosphoric acid groups is 2. The SMILES string of the molecule is CC/C=C\C/C=C\C/C=C\C/C=C\C/C=C\CCCCCC(=O)OC[C@H](COP(=O)(O)OCC(O)COP(=O)(O)OC[C@@H](COC(=O)CCCCC/C=C\C/C=C\C/C=C\C/C=C\C/C=C\CC)OC(=O)CCC/C=C\C/C=C\C/C=C\C/C=C\CCCCC)OC(=O)CCC/C=C\C/C=C\C/C=C\C/C=C\CCCCC. The molecule has 17 nitrogen and oxygen atoms in total. The summed E-state index contributed by atoms with van der Waals surface area (Å²) < 4.78 is 68.6. The summed E-state index contributed by atoms with van der Waals surface area (Å²) in [5.74, 6) is -2.41. The van der Waals surface area contributed by atoms with E-state index >= 15 is 0 Å². The lowest BCUT2D eigenvalue weighted by Crippen LogP contribution is -2.30. The maximum absolute atomic E-state index is 13.1. The lowest BCUT2D eigenvalue weighted by Gasteiger charge is -2.21. The molecule has 0 aliphatic heterocycles. The molecule has 0 fully saturated rings. The minimum Gasteiger partial charge on any atom is -0.462 e. The first-order valence-corrected chi connectivity index (χ1v) is 45.0. The Kier molecular flexibility index (Phi) is 77.5. The molecule has 0 spiro atoms. The van der Waals surface area contributed by atoms with Crippen LogP contribution in [0.2, 0.25) is 0 Å². The van der Waals surface area contributed by atoms with Crippen molar-refractivity contribution in [1.29, 1.82) is 0 Å². The first-order chi connectivity index (χ1) is 54.7. The summed E-state index contributed by atoms with van der Waals surface area (Å²) in [5.41, 5.74) is 0. The van der Waals surface area contributed by atoms with Gasteiger partial charge in [-0.05, 0) is 193 Å². The molecule has 0 aromatic heterocycles. The third kappa shape index (κ3) is 81.4. The highest BCUT2D eigenvalue weighted by atomic mass is 31.2. The second-order valence-corrected chi connectivity index (χ2v) is 29.8. The number of aliphatic hydroxyl groups excluding tert-OH is 1. The van der Waals surface area contributed by atoms with Crippen molar-refractivity contribution in [3.05, 3.63) is 219 Å². The molecule has 3 N–H and O–H groups in total. The third-order valence-corrected chi connectivity index (χ3v) is 18.3. The van der Waals surface area contributed by atoms with Crippen LogP contribution in [-0.4, -0.2) is 96.7 Å². The third-order valence-electron chi connectivity index (χ3n) is 16.4. The normalized spacial score (nSPS) is 14.9. The van der Waals surface area contributed by atoms with Gasteiger partial charge in [0, 0.05) is 25.7 Å². The Morgan fingerprint density at radius 2 is 0.473 bits per heavy atom. The summed E-state index contributed by atoms with van der Waals surface area (Å²) in [6.45, 7) is 4.36. The molecule has 0 aliphatic carbocycles. The van der Waals surface area contributed by atoms with Crippen LogP contribution in [0, 0.1) is 0 Å². The predicted molar refractivity (Wildman–Crippen MR) is 463 cm³/mol. The van der Waals surface area contributed by atoms with Gasteiger partial charge in [-0.15, -0.1) is 0 Å². The number of aliphatic hydroxyl groups is 1. The number of rotatable bonds is 76. The number of carbonyl (C=O) groups excluding carboxylic acids is 4. The van der Waals surface area contributed by atoms with Gasteiger partial charge < -0.3 is 33.8 Å². The monoisotopic (exact) mass is 1600 g/mol. The van der Waals surface area contributed by atoms with Gasteiger partial charge in [0.2, 0.25) is 0 Å². The van der Waals surface area contributed by atoms with E-state index in [9.17, 15) is 43.2 Å². The molecule has 0 aliphatic rings. The van der Waals surface area contributed by atoms with Gasteiger partial charge in [0.15, 0.2) is 12.2 Å². The number of hydrogen-bond acceptors (Lipinski definition) is 15. The molecular formula is C93H146O17P2. The van der Waals surface area contributed by atoms with Crippen LogP contribution in [0.15, 0.2) is 219 Å². The standard InChI is InChI=1S/C93H146O17P2/c1-5-9-13-17-21-25-29-33-37-41-43-47-49-53-57-61-65-69-73-77-90(95)103-83-88(109-92(97)79-75-71-67-63-59-55-51-45-39-35-31-27-23-19-15-11-7-3)85-107-111(99,100)105-81-87(94)82-106-112(101,102)108-86-89(110-93(98)80-76-72-68-64-60-56-52-46-40-36-32-28-24-20-16-12-8-4)84-104-91(96)78-74-70-66-62-58-54-50-48-44-42-38-34-30-26-22-18-14-10-6-2/h9-10,13-14,21-28,33-40,43-44,47-48,51-58,63-64,67-68,87-89,94H,5-8,11-12,15-20,29-32,41-42,45-46,49-50,59-62,65-66,69-86H2,1-4H3,(H,99,100)(H,101,102)/b13-9-,14-10-,25-21-,26-22-,27-23-,28-24-,37-33-,38-34-,39-35-,40-36-,47-43-,48-44-,55-51-,56-52-,57-53-,58-54-,67-63-,68-64-/t88-,89-/m1/s1. The molecule has 19 heteroatoms. The fraction of sp³-hybridized carbons (Fsp3) is 0.570. The highest BCUT2D eigenvalue weighted by Crippen LogP contribution is 2.45. The quantitative estimate of drug-likeness (QED) is 0.0169. The lowest BCUT2D eigenvalue weighted by atomic mass is 10.1. The molecule has 4 atom stereocenters. The maximum Gasteiger partial charge on any atom is 0.472 e. The average molecular weight is 1600 g/mol. The van der Waals surface area contributed by atoms with Crippen molar-refractivity contribution in [3.63, 3.8) is 0 Å². The van der Waals surface area contributed by atoms with Gasteiger partial charge in [0.05, 0.1) is 26.4 Å². The number of hydrogen-bond donors (Lipinski definition) is 3. The molecule has 0 aromatic carbocycles. The summed E-state index contributed by atoms with van der Waals surface area (Å²) in [6.07, 6.45) is 105. The van der Waals surface area contributed by atoms with E-state index in [0.29, 0.717) is 38.5 Å². The minimum atomic E-state index is -5.02. The van der Waals surface area contributed by atoms with Gasteiger partial charge >= 0.3 is 39.5 Å². The van der Waals surface area contributed by atoms with Crippen molar-refractivity contribution in [3.8, 4) is 0 Å². The van der Waals surface area contributed by atoms with Gasteiger partial charge in [-0.25, -0.2) is 9.13 Å². The fourth-order valence-corrected chi connectivity index (χ4v) is 11.7. The van der Waals surface area contributed by atoms with Crippen LogP contribution >= 0.6 is 15.6 Å². The predicted octanol–water partition coefficient (Wildman–Crippen LogP) is 25.2. The van der Waals surface area contributed by atoms with Crippen LogP contribution in [0.1, 0.15) is 285 Å². The Labute approximate surface area is 677 Å². The van der Waals surface area contributed by atoms with Gasteiger partial charge in [0.1, 0.15) is 19.3 Å². The Hall–Kier alpha value is -6.62. The molecule has 0 saturated heterocycles. The van der Waals surface area contributed by atoms with Crippen LogP contribution < -0.4 is 0 Å². The number of carbonyl (C=O) groups is 4. The van der Waals surface area contributed by atoms with Crippen LogP contribution in [0.25, 0.3) is 0 Å². The van der Waals surface area contributed by atoms with Crippen LogP contribution in [-0.2, 0) is 65.4 Å². The van der Waals surface area contributed by atoms with Gasteiger partial charge in [-0.1, -0.05) is 285 Å². The van der Waals surface area contributed by atoms with E-state index in [-0.39, 0.29) is 25.7 Å². The smallest absolute Gasteiger partial charge is 0.462 e. The Balaban J connectivity index is 5.58. The summed E-state index contributed by atoms with van der Waals surface area (Å²) in [7, 11) is -10.0. The minimum absolute atomic E-state index is 0.000338. The van der Waals surface area contributed by atoms with Crippen LogP contribution in [0.3, 0.4) is 0 Å². The number of ether oxygens (including phenoxy) is 4. The first kappa shape index (κ1) is 105. The van der Waals surface area contributed by atoms with E-state index < -0.39 is 97.5 Å². The van der Waals surface area contributed by atoms with Gasteiger partial charge in [-0.3, -0.25) is 37.3 Å². The summed E-state index contributed by atoms with van der Waals surface area (Å²) >= 11 is 0. The van der Waals surface area contributed by atoms with E-state index in [1.807, 2.05) is 24.3 Å². The number of allylic oxidation sites excluding steroid dienone is 36. The molecule has 0 rings (SSSR count). The van der Waals surface area contributed by atoms with Crippen molar-refractivity contribution < 1.29 is 80.2 Å². The molecular weight excluding hydrogens is 1450 g/mol. The first-order valence-electron chi connectivity index (χ1n) is 42.0. The molecule has 0 radical (unpaired) electrons. The van der Waals surface area contributed by atoms with E-state index in [1.54, 1.807) is 0 Å². The highest BCUT2D eigenvalue weighted by molar-refractivity contribution is 7.47. The topological polar surface area (TPSA) is 237 Å². The second-order valence-electron chi connectivity index (χ2n) is 26.9. The van der Waals surface area contributed by atoms with E-state index in [0.717, 1.165) is 154 Å². The van der Waals surface area contributed by atoms with E-state index in [4.69, 9.17) is 37.0 Å². The zero-order chi connectivity index (χ0) is 81.7. The fourth-order valence-electron chi connectivity index (χ4n) is 10.1. The molecule has 112 heavy (non-hydrogen) atoms. The zero-order valence-corrected chi connectivity index (χ0v) is 70.8. The zero-order valence-electron chi connectivity index (χ0n) is 69.0. The molecule has 0 heterocycles. The number of esters is 4. The Bertz CT molecular complexity index is 2790.